The summed E-state index contributed by atoms with van der Waals surface area (Å²) in [4.78, 5) is 64.5. The summed E-state index contributed by atoms with van der Waals surface area (Å²) in [6, 6.07) is 4.34. The van der Waals surface area contributed by atoms with Gasteiger partial charge >= 0.3 is 6.09 Å². The minimum atomic E-state index is -0.943. The first-order chi connectivity index (χ1) is 17.5. The molecule has 3 rings (SSSR count). The third kappa shape index (κ3) is 7.40. The lowest BCUT2D eigenvalue weighted by Crippen LogP contribution is -2.54. The molecular weight excluding hydrogens is 474 g/mol. The summed E-state index contributed by atoms with van der Waals surface area (Å²) < 4.78 is 5.36. The highest BCUT2D eigenvalue weighted by Crippen LogP contribution is 2.30. The number of aryl methyl sites for hydroxylation is 1. The molecule has 0 spiro atoms. The van der Waals surface area contributed by atoms with Gasteiger partial charge in [0.05, 0.1) is 11.1 Å². The Balaban J connectivity index is 1.39. The maximum Gasteiger partial charge on any atom is 0.410 e. The van der Waals surface area contributed by atoms with Crippen LogP contribution in [0.4, 0.5) is 4.79 Å². The zero-order valence-corrected chi connectivity index (χ0v) is 22.4. The van der Waals surface area contributed by atoms with Gasteiger partial charge in [-0.25, -0.2) is 4.79 Å². The monoisotopic (exact) mass is 513 g/mol. The number of fused-ring (bicyclic) bond motifs is 1. The second-order valence-electron chi connectivity index (χ2n) is 10.9. The highest BCUT2D eigenvalue weighted by atomic mass is 16.6. The van der Waals surface area contributed by atoms with E-state index in [-0.39, 0.29) is 24.8 Å². The summed E-state index contributed by atoms with van der Waals surface area (Å²) in [5.41, 5.74) is 1.08. The maximum atomic E-state index is 13.2. The molecule has 2 aliphatic heterocycles. The van der Waals surface area contributed by atoms with Crippen LogP contribution in [0.15, 0.2) is 18.2 Å². The van der Waals surface area contributed by atoms with Crippen molar-refractivity contribution in [2.75, 3.05) is 13.6 Å². The Labute approximate surface area is 218 Å². The molecule has 1 aromatic rings. The van der Waals surface area contributed by atoms with Gasteiger partial charge in [0.2, 0.25) is 11.8 Å². The molecule has 1 unspecified atom stereocenters. The van der Waals surface area contributed by atoms with Gasteiger partial charge in [-0.3, -0.25) is 29.4 Å². The molecule has 0 aliphatic carbocycles. The predicted octanol–water partition coefficient (Wildman–Crippen LogP) is 4.23. The number of carbonyl (C=O) groups excluding carboxylic acids is 5. The Bertz CT molecular complexity index is 1040. The van der Waals surface area contributed by atoms with Crippen molar-refractivity contribution in [3.63, 3.8) is 0 Å². The lowest BCUT2D eigenvalue weighted by Gasteiger charge is -2.27. The maximum absolute atomic E-state index is 13.2. The first-order valence-corrected chi connectivity index (χ1v) is 13.3. The summed E-state index contributed by atoms with van der Waals surface area (Å²) >= 11 is 0. The summed E-state index contributed by atoms with van der Waals surface area (Å²) in [5.74, 6) is -1.88. The van der Waals surface area contributed by atoms with Crippen LogP contribution in [-0.2, 0) is 20.7 Å². The molecular formula is C28H39N3O6. The molecule has 1 aromatic carbocycles. The molecule has 9 nitrogen and oxygen atoms in total. The van der Waals surface area contributed by atoms with Crippen LogP contribution in [0.25, 0.3) is 0 Å². The lowest BCUT2D eigenvalue weighted by atomic mass is 9.97. The average Bonchev–Trinajstić information content (AvgIpc) is 3.07. The minimum Gasteiger partial charge on any atom is -0.444 e. The van der Waals surface area contributed by atoms with E-state index in [9.17, 15) is 24.0 Å². The summed E-state index contributed by atoms with van der Waals surface area (Å²) in [6.45, 7) is 6.25. The van der Waals surface area contributed by atoms with Gasteiger partial charge in [-0.05, 0) is 58.1 Å². The summed E-state index contributed by atoms with van der Waals surface area (Å²) in [5, 5.41) is 2.23. The molecule has 2 aliphatic rings. The van der Waals surface area contributed by atoms with E-state index in [2.05, 4.69) is 5.32 Å². The first-order valence-electron chi connectivity index (χ1n) is 13.3. The number of piperidine rings is 1. The molecule has 1 N–H and O–H groups in total. The highest BCUT2D eigenvalue weighted by molar-refractivity contribution is 6.24. The Morgan fingerprint density at radius 1 is 1.00 bits per heavy atom. The van der Waals surface area contributed by atoms with E-state index in [4.69, 9.17) is 4.74 Å². The number of nitrogens with one attached hydrogen (secondary N) is 1. The third-order valence-electron chi connectivity index (χ3n) is 6.70. The van der Waals surface area contributed by atoms with E-state index in [0.29, 0.717) is 24.1 Å². The molecule has 9 heteroatoms. The number of hydrogen-bond acceptors (Lipinski definition) is 6. The molecule has 0 saturated carbocycles. The topological polar surface area (TPSA) is 113 Å². The van der Waals surface area contributed by atoms with Crippen molar-refractivity contribution >= 4 is 29.7 Å². The van der Waals surface area contributed by atoms with Gasteiger partial charge in [0, 0.05) is 20.0 Å². The molecule has 1 atom stereocenters. The van der Waals surface area contributed by atoms with Crippen LogP contribution < -0.4 is 5.32 Å². The number of ether oxygens (including phenoxy) is 1. The quantitative estimate of drug-likeness (QED) is 0.350. The van der Waals surface area contributed by atoms with Gasteiger partial charge in [-0.15, -0.1) is 0 Å². The van der Waals surface area contributed by atoms with Crippen LogP contribution in [0.5, 0.6) is 0 Å². The summed E-state index contributed by atoms with van der Waals surface area (Å²) in [7, 11) is 1.76. The van der Waals surface area contributed by atoms with Crippen molar-refractivity contribution in [3.8, 4) is 0 Å². The number of carbonyl (C=O) groups is 5. The first kappa shape index (κ1) is 28.3. The van der Waals surface area contributed by atoms with Gasteiger partial charge < -0.3 is 9.64 Å². The van der Waals surface area contributed by atoms with Gasteiger partial charge in [0.1, 0.15) is 11.6 Å². The number of unbranched alkanes of at least 4 members (excludes halogenated alkanes) is 6. The van der Waals surface area contributed by atoms with Crippen molar-refractivity contribution in [2.45, 2.75) is 96.6 Å². The molecule has 0 bridgehead atoms. The second kappa shape index (κ2) is 12.3. The van der Waals surface area contributed by atoms with Crippen molar-refractivity contribution in [1.82, 2.24) is 15.1 Å². The fourth-order valence-corrected chi connectivity index (χ4v) is 4.77. The van der Waals surface area contributed by atoms with Crippen molar-refractivity contribution < 1.29 is 28.7 Å². The normalized spacial score (nSPS) is 17.6. The number of benzene rings is 1. The van der Waals surface area contributed by atoms with Crippen molar-refractivity contribution in [2.24, 2.45) is 0 Å². The number of imide groups is 2. The van der Waals surface area contributed by atoms with Crippen LogP contribution in [0.1, 0.15) is 105 Å². The highest BCUT2D eigenvalue weighted by Gasteiger charge is 2.45. The molecule has 37 heavy (non-hydrogen) atoms. The standard InChI is InChI=1S/C28H39N3O6/c1-28(2,3)37-27(36)30(4)18-11-9-7-5-6-8-10-13-19-14-12-15-20-23(19)26(35)31(25(20)34)21-16-17-22(32)29-24(21)33/h12,14-15,21H,5-11,13,16-18H2,1-4H3,(H,29,32,33). The number of rotatable bonds is 11. The van der Waals surface area contributed by atoms with Crippen LogP contribution in [0.2, 0.25) is 0 Å². The smallest absolute Gasteiger partial charge is 0.410 e. The van der Waals surface area contributed by atoms with Crippen molar-refractivity contribution in [3.05, 3.63) is 34.9 Å². The van der Waals surface area contributed by atoms with Crippen LogP contribution in [0.3, 0.4) is 0 Å². The van der Waals surface area contributed by atoms with E-state index in [1.54, 1.807) is 24.1 Å². The van der Waals surface area contributed by atoms with Crippen LogP contribution in [0, 0.1) is 0 Å². The zero-order valence-electron chi connectivity index (χ0n) is 22.4. The van der Waals surface area contributed by atoms with Crippen molar-refractivity contribution in [1.29, 1.82) is 0 Å². The van der Waals surface area contributed by atoms with E-state index < -0.39 is 29.4 Å². The van der Waals surface area contributed by atoms with Gasteiger partial charge in [0.15, 0.2) is 0 Å². The molecule has 0 radical (unpaired) electrons. The zero-order chi connectivity index (χ0) is 27.2. The summed E-state index contributed by atoms with van der Waals surface area (Å²) in [6.07, 6.45) is 7.83. The molecule has 0 aromatic heterocycles. The van der Waals surface area contributed by atoms with Crippen LogP contribution in [-0.4, -0.2) is 64.8 Å². The minimum absolute atomic E-state index is 0.108. The Hall–Kier alpha value is -3.23. The predicted molar refractivity (Wildman–Crippen MR) is 138 cm³/mol. The fourth-order valence-electron chi connectivity index (χ4n) is 4.77. The lowest BCUT2D eigenvalue weighted by molar-refractivity contribution is -0.136. The number of nitrogens with zero attached hydrogens (tertiary/aromatic N) is 2. The Kier molecular flexibility index (Phi) is 9.45. The van der Waals surface area contributed by atoms with Gasteiger partial charge in [0.25, 0.3) is 11.8 Å². The number of amides is 5. The van der Waals surface area contributed by atoms with E-state index >= 15 is 0 Å². The number of hydrogen-bond donors (Lipinski definition) is 1. The molecule has 2 heterocycles. The Morgan fingerprint density at radius 2 is 1.65 bits per heavy atom. The fraction of sp³-hybridized carbons (Fsp3) is 0.607. The molecule has 1 fully saturated rings. The molecule has 5 amide bonds. The van der Waals surface area contributed by atoms with Gasteiger partial charge in [-0.2, -0.15) is 0 Å². The van der Waals surface area contributed by atoms with E-state index in [1.165, 1.54) is 0 Å². The SMILES string of the molecule is CN(CCCCCCCCCc1cccc2c1C(=O)N(C1CCC(=O)NC1=O)C2=O)C(=O)OC(C)(C)C. The second-order valence-corrected chi connectivity index (χ2v) is 10.9. The van der Waals surface area contributed by atoms with E-state index in [1.807, 2.05) is 26.8 Å². The average molecular weight is 514 g/mol. The van der Waals surface area contributed by atoms with Gasteiger partial charge in [-0.1, -0.05) is 44.2 Å². The largest absolute Gasteiger partial charge is 0.444 e. The van der Waals surface area contributed by atoms with E-state index in [0.717, 1.165) is 55.4 Å². The van der Waals surface area contributed by atoms with Crippen LogP contribution >= 0.6 is 0 Å². The molecule has 1 saturated heterocycles. The molecule has 202 valence electrons. The Morgan fingerprint density at radius 3 is 2.30 bits per heavy atom. The third-order valence-corrected chi connectivity index (χ3v) is 6.70.